The van der Waals surface area contributed by atoms with Gasteiger partial charge < -0.3 is 5.32 Å². The van der Waals surface area contributed by atoms with Gasteiger partial charge in [-0.15, -0.1) is 0 Å². The number of benzene rings is 2. The first-order chi connectivity index (χ1) is 10.6. The number of carbonyl (C=O) groups is 1. The number of carbonyl (C=O) groups excluding carboxylic acids is 1. The van der Waals surface area contributed by atoms with E-state index in [0.717, 1.165) is 35.2 Å². The molecule has 2 nitrogen and oxygen atoms in total. The highest BCUT2D eigenvalue weighted by atomic mass is 35.5. The molecule has 0 saturated carbocycles. The predicted octanol–water partition coefficient (Wildman–Crippen LogP) is 5.12. The summed E-state index contributed by atoms with van der Waals surface area (Å²) < 4.78 is 0. The Balaban J connectivity index is 2.15. The number of hydrogen-bond donors (Lipinski definition) is 1. The van der Waals surface area contributed by atoms with E-state index in [1.807, 2.05) is 30.3 Å². The summed E-state index contributed by atoms with van der Waals surface area (Å²) in [6.07, 6.45) is 5.09. The molecule has 2 aromatic carbocycles. The minimum Gasteiger partial charge on any atom is -0.322 e. The van der Waals surface area contributed by atoms with Crippen LogP contribution in [0.1, 0.15) is 30.5 Å². The minimum absolute atomic E-state index is 0.129. The molecule has 0 bridgehead atoms. The van der Waals surface area contributed by atoms with Crippen LogP contribution in [0, 0.1) is 0 Å². The molecule has 2 rings (SSSR count). The highest BCUT2D eigenvalue weighted by Gasteiger charge is 2.08. The minimum atomic E-state index is -0.129. The summed E-state index contributed by atoms with van der Waals surface area (Å²) >= 11 is 5.93. The van der Waals surface area contributed by atoms with Crippen LogP contribution in [0.2, 0.25) is 5.02 Å². The van der Waals surface area contributed by atoms with Gasteiger partial charge in [-0.2, -0.15) is 0 Å². The molecule has 2 aromatic rings. The summed E-state index contributed by atoms with van der Waals surface area (Å²) in [5.41, 5.74) is 4.16. The van der Waals surface area contributed by atoms with Crippen molar-refractivity contribution in [2.75, 3.05) is 5.32 Å². The van der Waals surface area contributed by atoms with Gasteiger partial charge in [0.15, 0.2) is 0 Å². The zero-order chi connectivity index (χ0) is 15.9. The summed E-state index contributed by atoms with van der Waals surface area (Å²) in [6.45, 7) is 4.18. The number of para-hydroxylation sites is 1. The van der Waals surface area contributed by atoms with E-state index in [1.54, 1.807) is 6.08 Å². The number of aryl methyl sites for hydroxylation is 2. The van der Waals surface area contributed by atoms with Gasteiger partial charge in [-0.3, -0.25) is 4.79 Å². The third kappa shape index (κ3) is 4.22. The van der Waals surface area contributed by atoms with E-state index in [-0.39, 0.29) is 5.91 Å². The molecule has 0 fully saturated rings. The zero-order valence-electron chi connectivity index (χ0n) is 12.9. The highest BCUT2D eigenvalue weighted by molar-refractivity contribution is 6.30. The maximum atomic E-state index is 12.2. The SMILES string of the molecule is CCc1cccc(CC)c1NC(=O)C=Cc1cccc(Cl)c1. The van der Waals surface area contributed by atoms with Gasteiger partial charge in [0.05, 0.1) is 0 Å². The van der Waals surface area contributed by atoms with Crippen molar-refractivity contribution in [3.05, 3.63) is 70.3 Å². The van der Waals surface area contributed by atoms with Gasteiger partial charge in [-0.25, -0.2) is 0 Å². The average molecular weight is 314 g/mol. The molecule has 0 aliphatic heterocycles. The lowest BCUT2D eigenvalue weighted by Gasteiger charge is -2.13. The first kappa shape index (κ1) is 16.3. The Kier molecular flexibility index (Phi) is 5.79. The monoisotopic (exact) mass is 313 g/mol. The Morgan fingerprint density at radius 1 is 1.09 bits per heavy atom. The second-order valence-corrected chi connectivity index (χ2v) is 5.47. The lowest BCUT2D eigenvalue weighted by Crippen LogP contribution is -2.11. The van der Waals surface area contributed by atoms with Gasteiger partial charge in [0.1, 0.15) is 0 Å². The Labute approximate surface area is 136 Å². The molecular weight excluding hydrogens is 294 g/mol. The second kappa shape index (κ2) is 7.81. The summed E-state index contributed by atoms with van der Waals surface area (Å²) in [5.74, 6) is -0.129. The Hall–Kier alpha value is -2.06. The number of anilines is 1. The molecule has 1 N–H and O–H groups in total. The number of amides is 1. The molecule has 0 unspecified atom stereocenters. The van der Waals surface area contributed by atoms with E-state index in [4.69, 9.17) is 11.6 Å². The van der Waals surface area contributed by atoms with E-state index < -0.39 is 0 Å². The quantitative estimate of drug-likeness (QED) is 0.763. The van der Waals surface area contributed by atoms with Crippen LogP contribution in [0.5, 0.6) is 0 Å². The van der Waals surface area contributed by atoms with Gasteiger partial charge in [-0.1, -0.05) is 55.8 Å². The molecule has 114 valence electrons. The normalized spacial score (nSPS) is 10.9. The van der Waals surface area contributed by atoms with Crippen molar-refractivity contribution in [3.63, 3.8) is 0 Å². The van der Waals surface area contributed by atoms with Crippen LogP contribution >= 0.6 is 11.6 Å². The van der Waals surface area contributed by atoms with Crippen LogP contribution < -0.4 is 5.32 Å². The smallest absolute Gasteiger partial charge is 0.248 e. The first-order valence-corrected chi connectivity index (χ1v) is 7.87. The molecule has 0 heterocycles. The van der Waals surface area contributed by atoms with Crippen molar-refractivity contribution in [1.29, 1.82) is 0 Å². The van der Waals surface area contributed by atoms with Gasteiger partial charge >= 0.3 is 0 Å². The highest BCUT2D eigenvalue weighted by Crippen LogP contribution is 2.22. The number of hydrogen-bond acceptors (Lipinski definition) is 1. The molecule has 1 amide bonds. The number of halogens is 1. The Morgan fingerprint density at radius 3 is 2.32 bits per heavy atom. The first-order valence-electron chi connectivity index (χ1n) is 7.49. The topological polar surface area (TPSA) is 29.1 Å². The lowest BCUT2D eigenvalue weighted by molar-refractivity contribution is -0.111. The van der Waals surface area contributed by atoms with E-state index >= 15 is 0 Å². The molecule has 0 aliphatic carbocycles. The second-order valence-electron chi connectivity index (χ2n) is 5.04. The van der Waals surface area contributed by atoms with Crippen molar-refractivity contribution >= 4 is 29.3 Å². The van der Waals surface area contributed by atoms with Crippen molar-refractivity contribution in [1.82, 2.24) is 0 Å². The number of nitrogens with one attached hydrogen (secondary N) is 1. The van der Waals surface area contributed by atoms with Crippen molar-refractivity contribution in [2.24, 2.45) is 0 Å². The van der Waals surface area contributed by atoms with E-state index in [9.17, 15) is 4.79 Å². The maximum Gasteiger partial charge on any atom is 0.248 e. The lowest BCUT2D eigenvalue weighted by atomic mass is 10.0. The largest absolute Gasteiger partial charge is 0.322 e. The molecule has 0 atom stereocenters. The van der Waals surface area contributed by atoms with E-state index in [1.165, 1.54) is 6.08 Å². The molecule has 0 saturated heterocycles. The van der Waals surface area contributed by atoms with Gasteiger partial charge in [-0.05, 0) is 47.7 Å². The molecule has 0 aliphatic rings. The third-order valence-electron chi connectivity index (χ3n) is 3.52. The number of rotatable bonds is 5. The fraction of sp³-hybridized carbons (Fsp3) is 0.211. The van der Waals surface area contributed by atoms with Crippen LogP contribution in [0.15, 0.2) is 48.5 Å². The van der Waals surface area contributed by atoms with Crippen molar-refractivity contribution in [2.45, 2.75) is 26.7 Å². The maximum absolute atomic E-state index is 12.2. The fourth-order valence-electron chi connectivity index (χ4n) is 2.35. The van der Waals surface area contributed by atoms with Crippen molar-refractivity contribution < 1.29 is 4.79 Å². The molecule has 22 heavy (non-hydrogen) atoms. The molecule has 3 heteroatoms. The summed E-state index contributed by atoms with van der Waals surface area (Å²) in [5, 5.41) is 3.67. The van der Waals surface area contributed by atoms with Crippen LogP contribution in [0.4, 0.5) is 5.69 Å². The third-order valence-corrected chi connectivity index (χ3v) is 3.76. The van der Waals surface area contributed by atoms with Gasteiger partial charge in [0, 0.05) is 16.8 Å². The summed E-state index contributed by atoms with van der Waals surface area (Å²) in [4.78, 5) is 12.2. The molecule has 0 aromatic heterocycles. The zero-order valence-corrected chi connectivity index (χ0v) is 13.7. The van der Waals surface area contributed by atoms with E-state index in [2.05, 4.69) is 31.3 Å². The van der Waals surface area contributed by atoms with Gasteiger partial charge in [0.2, 0.25) is 5.91 Å². The van der Waals surface area contributed by atoms with Gasteiger partial charge in [0.25, 0.3) is 0 Å². The molecule has 0 radical (unpaired) electrons. The van der Waals surface area contributed by atoms with Crippen LogP contribution in [0.25, 0.3) is 6.08 Å². The molecular formula is C19H20ClNO. The van der Waals surface area contributed by atoms with Crippen LogP contribution in [0.3, 0.4) is 0 Å². The average Bonchev–Trinajstić information content (AvgIpc) is 2.53. The van der Waals surface area contributed by atoms with E-state index in [0.29, 0.717) is 5.02 Å². The summed E-state index contributed by atoms with van der Waals surface area (Å²) in [7, 11) is 0. The molecule has 0 spiro atoms. The Bertz CT molecular complexity index is 669. The van der Waals surface area contributed by atoms with Crippen LogP contribution in [-0.2, 0) is 17.6 Å². The standard InChI is InChI=1S/C19H20ClNO/c1-3-15-8-6-9-16(4-2)19(15)21-18(22)12-11-14-7-5-10-17(20)13-14/h5-13H,3-4H2,1-2H3,(H,21,22). The Morgan fingerprint density at radius 2 is 1.73 bits per heavy atom. The summed E-state index contributed by atoms with van der Waals surface area (Å²) in [6, 6.07) is 13.5. The fourth-order valence-corrected chi connectivity index (χ4v) is 2.55. The van der Waals surface area contributed by atoms with Crippen LogP contribution in [-0.4, -0.2) is 5.91 Å². The predicted molar refractivity (Wildman–Crippen MR) is 94.3 cm³/mol. The van der Waals surface area contributed by atoms with Crippen molar-refractivity contribution in [3.8, 4) is 0 Å².